The molecule has 0 spiro atoms. The van der Waals surface area contributed by atoms with Crippen molar-refractivity contribution in [3.63, 3.8) is 0 Å². The van der Waals surface area contributed by atoms with Crippen LogP contribution in [0.2, 0.25) is 0 Å². The van der Waals surface area contributed by atoms with Crippen LogP contribution in [-0.4, -0.2) is 19.1 Å². The summed E-state index contributed by atoms with van der Waals surface area (Å²) in [5, 5.41) is 2.94. The molecule has 1 aromatic rings. The smallest absolute Gasteiger partial charge is 0.224 e. The number of aryl methyl sites for hydroxylation is 2. The number of carbonyl (C=O) groups is 1. The van der Waals surface area contributed by atoms with E-state index in [1.54, 1.807) is 7.11 Å². The fourth-order valence-electron chi connectivity index (χ4n) is 1.73. The molecule has 0 aliphatic carbocycles. The molecule has 0 bridgehead atoms. The van der Waals surface area contributed by atoms with Crippen molar-refractivity contribution in [2.75, 3.05) is 12.4 Å². The van der Waals surface area contributed by atoms with Crippen LogP contribution in [0.1, 0.15) is 30.9 Å². The predicted octanol–water partition coefficient (Wildman–Crippen LogP) is 3.82. The number of rotatable bonds is 5. The molecule has 0 saturated carbocycles. The van der Waals surface area contributed by atoms with E-state index >= 15 is 0 Å². The molecule has 3 nitrogen and oxygen atoms in total. The van der Waals surface area contributed by atoms with Crippen molar-refractivity contribution in [1.82, 2.24) is 0 Å². The van der Waals surface area contributed by atoms with Gasteiger partial charge in [0.25, 0.3) is 0 Å². The second kappa shape index (κ2) is 6.90. The first-order valence-electron chi connectivity index (χ1n) is 6.03. The number of hydrogen-bond donors (Lipinski definition) is 1. The molecule has 0 heterocycles. The van der Waals surface area contributed by atoms with Gasteiger partial charge in [0.15, 0.2) is 0 Å². The highest BCUT2D eigenvalue weighted by Gasteiger charge is 2.10. The normalized spacial score (nSPS) is 12.3. The lowest BCUT2D eigenvalue weighted by atomic mass is 10.1. The zero-order chi connectivity index (χ0) is 13.7. The van der Waals surface area contributed by atoms with Gasteiger partial charge >= 0.3 is 0 Å². The molecule has 1 rings (SSSR count). The number of nitrogens with one attached hydrogen (secondary N) is 1. The van der Waals surface area contributed by atoms with Gasteiger partial charge < -0.3 is 10.1 Å². The van der Waals surface area contributed by atoms with Gasteiger partial charge in [0.1, 0.15) is 0 Å². The Bertz CT molecular complexity index is 409. The average Bonchev–Trinajstić information content (AvgIpc) is 2.30. The fraction of sp³-hybridized carbons (Fsp3) is 0.500. The van der Waals surface area contributed by atoms with Gasteiger partial charge in [0.2, 0.25) is 5.91 Å². The van der Waals surface area contributed by atoms with E-state index in [2.05, 4.69) is 27.3 Å². The Balaban J connectivity index is 2.65. The molecule has 18 heavy (non-hydrogen) atoms. The van der Waals surface area contributed by atoms with Gasteiger partial charge in [0.05, 0.1) is 11.8 Å². The van der Waals surface area contributed by atoms with Crippen LogP contribution in [0.3, 0.4) is 0 Å². The van der Waals surface area contributed by atoms with Gasteiger partial charge in [-0.15, -0.1) is 0 Å². The maximum Gasteiger partial charge on any atom is 0.224 e. The zero-order valence-corrected chi connectivity index (χ0v) is 12.9. The summed E-state index contributed by atoms with van der Waals surface area (Å²) >= 11 is 3.48. The number of halogens is 1. The van der Waals surface area contributed by atoms with E-state index < -0.39 is 0 Å². The summed E-state index contributed by atoms with van der Waals surface area (Å²) in [4.78, 5) is 11.8. The summed E-state index contributed by atoms with van der Waals surface area (Å²) in [7, 11) is 1.66. The highest BCUT2D eigenvalue weighted by molar-refractivity contribution is 9.10. The molecule has 0 aliphatic rings. The molecule has 1 atom stereocenters. The topological polar surface area (TPSA) is 38.3 Å². The number of amides is 1. The lowest BCUT2D eigenvalue weighted by Crippen LogP contribution is -2.16. The number of benzene rings is 1. The van der Waals surface area contributed by atoms with Crippen LogP contribution in [0.15, 0.2) is 16.6 Å². The molecule has 0 fully saturated rings. The van der Waals surface area contributed by atoms with Crippen molar-refractivity contribution in [2.45, 2.75) is 39.7 Å². The van der Waals surface area contributed by atoms with E-state index in [9.17, 15) is 4.79 Å². The molecule has 1 unspecified atom stereocenters. The third-order valence-electron chi connectivity index (χ3n) is 2.88. The minimum Gasteiger partial charge on any atom is -0.382 e. The van der Waals surface area contributed by atoms with Crippen molar-refractivity contribution >= 4 is 27.5 Å². The molecule has 0 aromatic heterocycles. The Morgan fingerprint density at radius 3 is 2.67 bits per heavy atom. The second-order valence-electron chi connectivity index (χ2n) is 4.57. The summed E-state index contributed by atoms with van der Waals surface area (Å²) in [5.41, 5.74) is 3.09. The second-order valence-corrected chi connectivity index (χ2v) is 5.43. The van der Waals surface area contributed by atoms with E-state index in [-0.39, 0.29) is 12.0 Å². The third kappa shape index (κ3) is 4.42. The Morgan fingerprint density at radius 1 is 1.44 bits per heavy atom. The van der Waals surface area contributed by atoms with E-state index in [0.717, 1.165) is 22.1 Å². The largest absolute Gasteiger partial charge is 0.382 e. The Kier molecular flexibility index (Phi) is 5.82. The molecule has 1 N–H and O–H groups in total. The van der Waals surface area contributed by atoms with Crippen LogP contribution >= 0.6 is 15.9 Å². The molecule has 1 amide bonds. The Morgan fingerprint density at radius 2 is 2.11 bits per heavy atom. The van der Waals surface area contributed by atoms with Crippen LogP contribution < -0.4 is 5.32 Å². The van der Waals surface area contributed by atoms with Crippen molar-refractivity contribution in [1.29, 1.82) is 0 Å². The maximum absolute atomic E-state index is 11.8. The van der Waals surface area contributed by atoms with Crippen LogP contribution in [0.5, 0.6) is 0 Å². The number of hydrogen-bond acceptors (Lipinski definition) is 2. The molecule has 0 radical (unpaired) electrons. The van der Waals surface area contributed by atoms with Crippen LogP contribution in [0.4, 0.5) is 5.69 Å². The summed E-state index contributed by atoms with van der Waals surface area (Å²) in [6.07, 6.45) is 1.30. The monoisotopic (exact) mass is 313 g/mol. The minimum atomic E-state index is 0.0200. The Labute approximate surface area is 117 Å². The summed E-state index contributed by atoms with van der Waals surface area (Å²) in [6.45, 7) is 5.98. The SMILES string of the molecule is COC(C)CCC(=O)Nc1c(C)cc(C)cc1Br. The number of methoxy groups -OCH3 is 1. The zero-order valence-electron chi connectivity index (χ0n) is 11.3. The quantitative estimate of drug-likeness (QED) is 0.897. The van der Waals surface area contributed by atoms with Gasteiger partial charge in [-0.05, 0) is 60.3 Å². The standard InChI is InChI=1S/C14H20BrNO2/c1-9-7-10(2)14(12(15)8-9)16-13(17)6-5-11(3)18-4/h7-8,11H,5-6H2,1-4H3,(H,16,17). The van der Waals surface area contributed by atoms with E-state index in [0.29, 0.717) is 6.42 Å². The molecule has 100 valence electrons. The molecule has 1 aromatic carbocycles. The first kappa shape index (κ1) is 15.2. The third-order valence-corrected chi connectivity index (χ3v) is 3.50. The van der Waals surface area contributed by atoms with Crippen molar-refractivity contribution in [3.05, 3.63) is 27.7 Å². The van der Waals surface area contributed by atoms with Gasteiger partial charge in [-0.25, -0.2) is 0 Å². The van der Waals surface area contributed by atoms with Crippen LogP contribution in [0, 0.1) is 13.8 Å². The summed E-state index contributed by atoms with van der Waals surface area (Å²) in [5.74, 6) is 0.0200. The number of anilines is 1. The molecular formula is C14H20BrNO2. The van der Waals surface area contributed by atoms with Crippen molar-refractivity contribution in [2.24, 2.45) is 0 Å². The van der Waals surface area contributed by atoms with Crippen LogP contribution in [-0.2, 0) is 9.53 Å². The molecule has 0 aliphatic heterocycles. The summed E-state index contributed by atoms with van der Waals surface area (Å²) < 4.78 is 6.05. The lowest BCUT2D eigenvalue weighted by Gasteiger charge is -2.13. The van der Waals surface area contributed by atoms with E-state index in [4.69, 9.17) is 4.74 Å². The molecule has 0 saturated heterocycles. The van der Waals surface area contributed by atoms with Crippen molar-refractivity contribution in [3.8, 4) is 0 Å². The predicted molar refractivity (Wildman–Crippen MR) is 78.0 cm³/mol. The van der Waals surface area contributed by atoms with Crippen molar-refractivity contribution < 1.29 is 9.53 Å². The fourth-order valence-corrected chi connectivity index (χ4v) is 2.50. The summed E-state index contributed by atoms with van der Waals surface area (Å²) in [6, 6.07) is 4.05. The van der Waals surface area contributed by atoms with Crippen LogP contribution in [0.25, 0.3) is 0 Å². The number of carbonyl (C=O) groups excluding carboxylic acids is 1. The first-order valence-corrected chi connectivity index (χ1v) is 6.82. The highest BCUT2D eigenvalue weighted by Crippen LogP contribution is 2.27. The maximum atomic E-state index is 11.8. The first-order chi connectivity index (χ1) is 8.43. The number of ether oxygens (including phenoxy) is 1. The van der Waals surface area contributed by atoms with Gasteiger partial charge in [-0.3, -0.25) is 4.79 Å². The minimum absolute atomic E-state index is 0.0200. The van der Waals surface area contributed by atoms with Gasteiger partial charge in [-0.1, -0.05) is 6.07 Å². The molecule has 4 heteroatoms. The Hall–Kier alpha value is -0.870. The molecular weight excluding hydrogens is 294 g/mol. The lowest BCUT2D eigenvalue weighted by molar-refractivity contribution is -0.116. The van der Waals surface area contributed by atoms with Gasteiger partial charge in [-0.2, -0.15) is 0 Å². The van der Waals surface area contributed by atoms with Gasteiger partial charge in [0, 0.05) is 18.0 Å². The average molecular weight is 314 g/mol. The highest BCUT2D eigenvalue weighted by atomic mass is 79.9. The van der Waals surface area contributed by atoms with E-state index in [1.165, 1.54) is 5.56 Å². The van der Waals surface area contributed by atoms with E-state index in [1.807, 2.05) is 26.8 Å².